The van der Waals surface area contributed by atoms with Gasteiger partial charge in [-0.3, -0.25) is 0 Å². The summed E-state index contributed by atoms with van der Waals surface area (Å²) in [6, 6.07) is 9.94. The lowest BCUT2D eigenvalue weighted by Gasteiger charge is -2.35. The number of aromatic nitrogens is 2. The molecule has 2 fully saturated rings. The SMILES string of the molecule is Cc1nc(-c2ccccc2)nc2c1COC[C@]21CCN(S(=O)(=O)C2CC2)C1. The van der Waals surface area contributed by atoms with Crippen molar-refractivity contribution in [1.29, 1.82) is 0 Å². The van der Waals surface area contributed by atoms with Crippen molar-refractivity contribution in [2.24, 2.45) is 0 Å². The van der Waals surface area contributed by atoms with E-state index in [2.05, 4.69) is 0 Å². The lowest BCUT2D eigenvalue weighted by atomic mass is 9.80. The van der Waals surface area contributed by atoms with Crippen molar-refractivity contribution >= 4 is 10.0 Å². The zero-order valence-electron chi connectivity index (χ0n) is 15.4. The van der Waals surface area contributed by atoms with Crippen LogP contribution in [-0.4, -0.2) is 47.6 Å². The molecule has 27 heavy (non-hydrogen) atoms. The first-order valence-electron chi connectivity index (χ1n) is 9.50. The van der Waals surface area contributed by atoms with Crippen molar-refractivity contribution < 1.29 is 13.2 Å². The van der Waals surface area contributed by atoms with Crippen molar-refractivity contribution in [3.63, 3.8) is 0 Å². The molecular formula is C20H23N3O3S. The van der Waals surface area contributed by atoms with Gasteiger partial charge in [0.1, 0.15) is 0 Å². The second kappa shape index (κ2) is 6.09. The molecule has 0 radical (unpaired) electrons. The Bertz CT molecular complexity index is 989. The molecule has 1 saturated heterocycles. The van der Waals surface area contributed by atoms with Crippen molar-refractivity contribution in [2.75, 3.05) is 19.7 Å². The highest BCUT2D eigenvalue weighted by atomic mass is 32.2. The Kier molecular flexibility index (Phi) is 3.90. The number of benzene rings is 1. The molecule has 1 spiro atoms. The molecule has 0 bridgehead atoms. The van der Waals surface area contributed by atoms with E-state index in [1.54, 1.807) is 4.31 Å². The Hall–Kier alpha value is -1.83. The van der Waals surface area contributed by atoms with Crippen LogP contribution in [0.4, 0.5) is 0 Å². The molecule has 6 nitrogen and oxygen atoms in total. The van der Waals surface area contributed by atoms with E-state index in [9.17, 15) is 8.42 Å². The molecule has 0 unspecified atom stereocenters. The Balaban J connectivity index is 1.57. The van der Waals surface area contributed by atoms with Crippen molar-refractivity contribution in [3.05, 3.63) is 47.3 Å². The standard InChI is InChI=1S/C20H23N3O3S/c1-14-17-11-26-13-20(9-10-23(12-20)27(24,25)16-7-8-16)18(17)22-19(21-14)15-5-3-2-4-6-15/h2-6,16H,7-13H2,1H3/t20-/m1/s1. The van der Waals surface area contributed by atoms with Crippen LogP contribution in [-0.2, 0) is 26.8 Å². The summed E-state index contributed by atoms with van der Waals surface area (Å²) in [5.41, 5.74) is 3.53. The maximum atomic E-state index is 12.7. The van der Waals surface area contributed by atoms with E-state index in [0.717, 1.165) is 41.8 Å². The van der Waals surface area contributed by atoms with Gasteiger partial charge in [-0.15, -0.1) is 0 Å². The van der Waals surface area contributed by atoms with E-state index in [4.69, 9.17) is 14.7 Å². The predicted octanol–water partition coefficient (Wildman–Crippen LogP) is 2.42. The van der Waals surface area contributed by atoms with Gasteiger partial charge in [0.15, 0.2) is 5.82 Å². The molecule has 0 N–H and O–H groups in total. The second-order valence-corrected chi connectivity index (χ2v) is 10.1. The zero-order valence-corrected chi connectivity index (χ0v) is 16.2. The fourth-order valence-corrected chi connectivity index (χ4v) is 6.21. The highest BCUT2D eigenvalue weighted by Gasteiger charge is 2.51. The number of rotatable bonds is 3. The number of ether oxygens (including phenoxy) is 1. The van der Waals surface area contributed by atoms with Gasteiger partial charge in [0, 0.05) is 29.9 Å². The van der Waals surface area contributed by atoms with Crippen LogP contribution in [0.3, 0.4) is 0 Å². The fourth-order valence-electron chi connectivity index (χ4n) is 4.28. The van der Waals surface area contributed by atoms with E-state index < -0.39 is 10.0 Å². The largest absolute Gasteiger partial charge is 0.376 e. The summed E-state index contributed by atoms with van der Waals surface area (Å²) in [5, 5.41) is -0.177. The summed E-state index contributed by atoms with van der Waals surface area (Å²) < 4.78 is 33.0. The van der Waals surface area contributed by atoms with Gasteiger partial charge in [-0.1, -0.05) is 30.3 Å². The molecule has 2 aromatic rings. The Morgan fingerprint density at radius 1 is 1.19 bits per heavy atom. The van der Waals surface area contributed by atoms with E-state index in [1.807, 2.05) is 37.3 Å². The first-order valence-corrected chi connectivity index (χ1v) is 11.0. The van der Waals surface area contributed by atoms with Crippen LogP contribution in [0.5, 0.6) is 0 Å². The minimum absolute atomic E-state index is 0.177. The van der Waals surface area contributed by atoms with Gasteiger partial charge < -0.3 is 4.74 Å². The van der Waals surface area contributed by atoms with Gasteiger partial charge in [-0.2, -0.15) is 0 Å². The van der Waals surface area contributed by atoms with Gasteiger partial charge in [-0.05, 0) is 26.2 Å². The normalized spacial score (nSPS) is 25.7. The summed E-state index contributed by atoms with van der Waals surface area (Å²) in [7, 11) is -3.18. The van der Waals surface area contributed by atoms with Crippen LogP contribution in [0.25, 0.3) is 11.4 Å². The van der Waals surface area contributed by atoms with Crippen LogP contribution < -0.4 is 0 Å². The minimum atomic E-state index is -3.18. The summed E-state index contributed by atoms with van der Waals surface area (Å²) in [4.78, 5) is 9.64. The highest BCUT2D eigenvalue weighted by Crippen LogP contribution is 2.43. The molecule has 2 aliphatic heterocycles. The first-order chi connectivity index (χ1) is 13.0. The van der Waals surface area contributed by atoms with Gasteiger partial charge in [0.2, 0.25) is 10.0 Å². The summed E-state index contributed by atoms with van der Waals surface area (Å²) in [6.45, 7) is 4.01. The molecule has 1 aromatic carbocycles. The molecule has 3 heterocycles. The maximum absolute atomic E-state index is 12.7. The number of hydrogen-bond acceptors (Lipinski definition) is 5. The third-order valence-electron chi connectivity index (χ3n) is 6.00. The van der Waals surface area contributed by atoms with Crippen molar-refractivity contribution in [3.8, 4) is 11.4 Å². The lowest BCUT2D eigenvalue weighted by Crippen LogP contribution is -2.42. The number of fused-ring (bicyclic) bond motifs is 2. The van der Waals surface area contributed by atoms with Crippen LogP contribution in [0.2, 0.25) is 0 Å². The quantitative estimate of drug-likeness (QED) is 0.811. The van der Waals surface area contributed by atoms with Crippen molar-refractivity contribution in [2.45, 2.75) is 43.5 Å². The molecular weight excluding hydrogens is 362 g/mol. The molecule has 1 aromatic heterocycles. The number of aryl methyl sites for hydroxylation is 1. The van der Waals surface area contributed by atoms with E-state index in [-0.39, 0.29) is 10.7 Å². The molecule has 5 rings (SSSR count). The van der Waals surface area contributed by atoms with E-state index in [1.165, 1.54) is 0 Å². The van der Waals surface area contributed by atoms with E-state index in [0.29, 0.717) is 32.1 Å². The van der Waals surface area contributed by atoms with Gasteiger partial charge in [0.25, 0.3) is 0 Å². The lowest BCUT2D eigenvalue weighted by molar-refractivity contribution is 0.0527. The van der Waals surface area contributed by atoms with Crippen LogP contribution in [0, 0.1) is 6.92 Å². The summed E-state index contributed by atoms with van der Waals surface area (Å²) >= 11 is 0. The average Bonchev–Trinajstić information content (AvgIpc) is 3.45. The molecule has 1 atom stereocenters. The second-order valence-electron chi connectivity index (χ2n) is 7.93. The van der Waals surface area contributed by atoms with E-state index >= 15 is 0 Å². The van der Waals surface area contributed by atoms with Crippen LogP contribution >= 0.6 is 0 Å². The molecule has 0 amide bonds. The molecule has 142 valence electrons. The smallest absolute Gasteiger partial charge is 0.217 e. The number of sulfonamides is 1. The monoisotopic (exact) mass is 385 g/mol. The van der Waals surface area contributed by atoms with Gasteiger partial charge in [-0.25, -0.2) is 22.7 Å². The molecule has 3 aliphatic rings. The zero-order chi connectivity index (χ0) is 18.6. The first kappa shape index (κ1) is 17.3. The van der Waals surface area contributed by atoms with Gasteiger partial charge >= 0.3 is 0 Å². The summed E-state index contributed by atoms with van der Waals surface area (Å²) in [6.07, 6.45) is 2.33. The van der Waals surface area contributed by atoms with Gasteiger partial charge in [0.05, 0.1) is 29.6 Å². The fraction of sp³-hybridized carbons (Fsp3) is 0.500. The summed E-state index contributed by atoms with van der Waals surface area (Å²) in [5.74, 6) is 0.705. The predicted molar refractivity (Wildman–Crippen MR) is 102 cm³/mol. The molecule has 7 heteroatoms. The third-order valence-corrected chi connectivity index (χ3v) is 8.34. The highest BCUT2D eigenvalue weighted by molar-refractivity contribution is 7.90. The third kappa shape index (κ3) is 2.80. The molecule has 1 aliphatic carbocycles. The Morgan fingerprint density at radius 2 is 1.96 bits per heavy atom. The van der Waals surface area contributed by atoms with Crippen LogP contribution in [0.1, 0.15) is 36.2 Å². The maximum Gasteiger partial charge on any atom is 0.217 e. The Morgan fingerprint density at radius 3 is 2.70 bits per heavy atom. The number of nitrogens with zero attached hydrogens (tertiary/aromatic N) is 3. The van der Waals surface area contributed by atoms with Crippen LogP contribution in [0.15, 0.2) is 30.3 Å². The average molecular weight is 385 g/mol. The topological polar surface area (TPSA) is 72.4 Å². The minimum Gasteiger partial charge on any atom is -0.376 e. The van der Waals surface area contributed by atoms with Crippen molar-refractivity contribution in [1.82, 2.24) is 14.3 Å². The number of hydrogen-bond donors (Lipinski definition) is 0. The molecule has 1 saturated carbocycles. The Labute approximate surface area is 159 Å².